The molecular weight excluding hydrogens is 312 g/mol. The quantitative estimate of drug-likeness (QED) is 0.651. The maximum absolute atomic E-state index is 10.6. The summed E-state index contributed by atoms with van der Waals surface area (Å²) in [6.45, 7) is 0.00505. The van der Waals surface area contributed by atoms with Crippen molar-refractivity contribution in [2.24, 2.45) is 0 Å². The SMILES string of the molecule is CN(C)c1nc(N)nc(COc2ccc([N+](=O)[O-])cc2Cl)n1. The standard InChI is InChI=1S/C12H13ClN6O3/c1-18(2)12-16-10(15-11(14)17-12)6-22-9-4-3-7(19(20)21)5-8(9)13/h3-5H,6H2,1-2H3,(H2,14,15,16,17). The molecule has 0 atom stereocenters. The molecule has 0 aliphatic rings. The molecule has 2 rings (SSSR count). The number of rotatable bonds is 5. The van der Waals surface area contributed by atoms with Crippen LogP contribution in [0.2, 0.25) is 5.02 Å². The molecule has 0 spiro atoms. The summed E-state index contributed by atoms with van der Waals surface area (Å²) in [7, 11) is 3.54. The van der Waals surface area contributed by atoms with Gasteiger partial charge >= 0.3 is 0 Å². The van der Waals surface area contributed by atoms with Crippen molar-refractivity contribution >= 4 is 29.2 Å². The zero-order valence-electron chi connectivity index (χ0n) is 11.9. The Morgan fingerprint density at radius 3 is 2.68 bits per heavy atom. The third-order valence-corrected chi connectivity index (χ3v) is 2.87. The third-order valence-electron chi connectivity index (χ3n) is 2.57. The molecule has 0 fully saturated rings. The molecule has 22 heavy (non-hydrogen) atoms. The van der Waals surface area contributed by atoms with E-state index in [0.29, 0.717) is 11.8 Å². The molecule has 0 aliphatic carbocycles. The maximum atomic E-state index is 10.6. The highest BCUT2D eigenvalue weighted by atomic mass is 35.5. The Morgan fingerprint density at radius 1 is 1.36 bits per heavy atom. The number of non-ortho nitro benzene ring substituents is 1. The smallest absolute Gasteiger partial charge is 0.271 e. The number of hydrogen-bond acceptors (Lipinski definition) is 8. The lowest BCUT2D eigenvalue weighted by Crippen LogP contribution is -2.16. The van der Waals surface area contributed by atoms with Gasteiger partial charge in [-0.05, 0) is 6.07 Å². The lowest BCUT2D eigenvalue weighted by atomic mass is 10.3. The van der Waals surface area contributed by atoms with Crippen LogP contribution in [0.15, 0.2) is 18.2 Å². The molecule has 1 aromatic heterocycles. The summed E-state index contributed by atoms with van der Waals surface area (Å²) >= 11 is 5.94. The fraction of sp³-hybridized carbons (Fsp3) is 0.250. The molecule has 0 radical (unpaired) electrons. The van der Waals surface area contributed by atoms with Crippen molar-refractivity contribution in [1.29, 1.82) is 0 Å². The number of nitro benzene ring substituents is 1. The molecule has 10 heteroatoms. The van der Waals surface area contributed by atoms with Gasteiger partial charge in [-0.1, -0.05) is 11.6 Å². The second-order valence-electron chi connectivity index (χ2n) is 4.46. The first-order valence-corrected chi connectivity index (χ1v) is 6.49. The second kappa shape index (κ2) is 6.39. The highest BCUT2D eigenvalue weighted by molar-refractivity contribution is 6.32. The van der Waals surface area contributed by atoms with Crippen LogP contribution in [0, 0.1) is 10.1 Å². The predicted octanol–water partition coefficient (Wildman–Crippen LogP) is 1.66. The zero-order valence-corrected chi connectivity index (χ0v) is 12.6. The van der Waals surface area contributed by atoms with Crippen LogP contribution in [0.25, 0.3) is 0 Å². The number of hydrogen-bond donors (Lipinski definition) is 1. The molecule has 0 saturated carbocycles. The van der Waals surface area contributed by atoms with Crippen LogP contribution in [-0.4, -0.2) is 34.0 Å². The first-order chi connectivity index (χ1) is 10.4. The number of benzene rings is 1. The molecule has 2 N–H and O–H groups in total. The summed E-state index contributed by atoms with van der Waals surface area (Å²) in [5.74, 6) is 1.09. The van der Waals surface area contributed by atoms with Crippen LogP contribution in [0.4, 0.5) is 17.6 Å². The Balaban J connectivity index is 2.15. The maximum Gasteiger partial charge on any atom is 0.271 e. The third kappa shape index (κ3) is 3.70. The van der Waals surface area contributed by atoms with Crippen LogP contribution in [0.3, 0.4) is 0 Å². The molecule has 0 amide bonds. The van der Waals surface area contributed by atoms with E-state index in [1.807, 2.05) is 0 Å². The van der Waals surface area contributed by atoms with Crippen molar-refractivity contribution < 1.29 is 9.66 Å². The number of halogens is 1. The minimum absolute atomic E-state index is 0.00505. The summed E-state index contributed by atoms with van der Waals surface area (Å²) in [6.07, 6.45) is 0. The fourth-order valence-corrected chi connectivity index (χ4v) is 1.78. The van der Waals surface area contributed by atoms with Crippen LogP contribution in [-0.2, 0) is 6.61 Å². The van der Waals surface area contributed by atoms with Gasteiger partial charge < -0.3 is 15.4 Å². The predicted molar refractivity (Wildman–Crippen MR) is 81.0 cm³/mol. The van der Waals surface area contributed by atoms with Gasteiger partial charge in [0.15, 0.2) is 5.82 Å². The van der Waals surface area contributed by atoms with E-state index >= 15 is 0 Å². The Morgan fingerprint density at radius 2 is 2.09 bits per heavy atom. The van der Waals surface area contributed by atoms with Gasteiger partial charge in [-0.3, -0.25) is 10.1 Å². The summed E-state index contributed by atoms with van der Waals surface area (Å²) in [4.78, 5) is 23.9. The van der Waals surface area contributed by atoms with Crippen molar-refractivity contribution in [1.82, 2.24) is 15.0 Å². The normalized spacial score (nSPS) is 10.3. The number of ether oxygens (including phenoxy) is 1. The Labute approximate surface area is 130 Å². The minimum Gasteiger partial charge on any atom is -0.484 e. The second-order valence-corrected chi connectivity index (χ2v) is 4.87. The molecule has 9 nitrogen and oxygen atoms in total. The summed E-state index contributed by atoms with van der Waals surface area (Å²) in [6, 6.07) is 3.93. The van der Waals surface area contributed by atoms with E-state index in [-0.39, 0.29) is 29.0 Å². The van der Waals surface area contributed by atoms with Gasteiger partial charge in [0.25, 0.3) is 5.69 Å². The minimum atomic E-state index is -0.536. The zero-order chi connectivity index (χ0) is 16.3. The van der Waals surface area contributed by atoms with E-state index in [4.69, 9.17) is 22.1 Å². The van der Waals surface area contributed by atoms with Gasteiger partial charge in [0, 0.05) is 26.2 Å². The molecule has 1 heterocycles. The van der Waals surface area contributed by atoms with Crippen LogP contribution >= 0.6 is 11.6 Å². The Kier molecular flexibility index (Phi) is 4.56. The number of nitro groups is 1. The largest absolute Gasteiger partial charge is 0.484 e. The number of aromatic nitrogens is 3. The molecule has 2 aromatic rings. The van der Waals surface area contributed by atoms with Crippen molar-refractivity contribution in [3.8, 4) is 5.75 Å². The number of nitrogens with two attached hydrogens (primary N) is 1. The van der Waals surface area contributed by atoms with Gasteiger partial charge in [0.2, 0.25) is 11.9 Å². The topological polar surface area (TPSA) is 120 Å². The summed E-state index contributed by atoms with van der Waals surface area (Å²) < 4.78 is 5.47. The van der Waals surface area contributed by atoms with Crippen molar-refractivity contribution in [3.05, 3.63) is 39.2 Å². The van der Waals surface area contributed by atoms with E-state index in [0.717, 1.165) is 0 Å². The summed E-state index contributed by atoms with van der Waals surface area (Å²) in [5, 5.41) is 10.8. The van der Waals surface area contributed by atoms with Crippen molar-refractivity contribution in [2.45, 2.75) is 6.61 Å². The van der Waals surface area contributed by atoms with E-state index in [1.165, 1.54) is 18.2 Å². The van der Waals surface area contributed by atoms with Gasteiger partial charge in [-0.2, -0.15) is 15.0 Å². The van der Waals surface area contributed by atoms with E-state index in [1.54, 1.807) is 19.0 Å². The molecule has 1 aromatic carbocycles. The van der Waals surface area contributed by atoms with Gasteiger partial charge in [0.1, 0.15) is 12.4 Å². The Bertz CT molecular complexity index is 709. The lowest BCUT2D eigenvalue weighted by molar-refractivity contribution is -0.384. The first-order valence-electron chi connectivity index (χ1n) is 6.11. The van der Waals surface area contributed by atoms with E-state index in [2.05, 4.69) is 15.0 Å². The number of nitrogen functional groups attached to an aromatic ring is 1. The molecular formula is C12H13ClN6O3. The number of anilines is 2. The van der Waals surface area contributed by atoms with E-state index in [9.17, 15) is 10.1 Å². The van der Waals surface area contributed by atoms with Gasteiger partial charge in [0.05, 0.1) is 9.95 Å². The highest BCUT2D eigenvalue weighted by Crippen LogP contribution is 2.29. The fourth-order valence-electron chi connectivity index (χ4n) is 1.55. The highest BCUT2D eigenvalue weighted by Gasteiger charge is 2.12. The monoisotopic (exact) mass is 324 g/mol. The lowest BCUT2D eigenvalue weighted by Gasteiger charge is -2.12. The average molecular weight is 325 g/mol. The van der Waals surface area contributed by atoms with Crippen LogP contribution in [0.1, 0.15) is 5.82 Å². The first kappa shape index (κ1) is 15.7. The molecule has 116 valence electrons. The van der Waals surface area contributed by atoms with Crippen molar-refractivity contribution in [3.63, 3.8) is 0 Å². The Hall–Kier alpha value is -2.68. The molecule has 0 saturated heterocycles. The number of nitrogens with zero attached hydrogens (tertiary/aromatic N) is 5. The van der Waals surface area contributed by atoms with Crippen LogP contribution in [0.5, 0.6) is 5.75 Å². The van der Waals surface area contributed by atoms with Crippen molar-refractivity contribution in [2.75, 3.05) is 24.7 Å². The summed E-state index contributed by atoms with van der Waals surface area (Å²) in [5.41, 5.74) is 5.49. The molecule has 0 bridgehead atoms. The van der Waals surface area contributed by atoms with Gasteiger partial charge in [-0.15, -0.1) is 0 Å². The van der Waals surface area contributed by atoms with Gasteiger partial charge in [-0.25, -0.2) is 0 Å². The van der Waals surface area contributed by atoms with Crippen LogP contribution < -0.4 is 15.4 Å². The molecule has 0 unspecified atom stereocenters. The average Bonchev–Trinajstić information content (AvgIpc) is 2.45. The molecule has 0 aliphatic heterocycles. The van der Waals surface area contributed by atoms with E-state index < -0.39 is 4.92 Å².